The lowest BCUT2D eigenvalue weighted by Crippen LogP contribution is -2.23. The first-order chi connectivity index (χ1) is 9.61. The van der Waals surface area contributed by atoms with E-state index in [1.165, 1.54) is 11.1 Å². The summed E-state index contributed by atoms with van der Waals surface area (Å²) in [5, 5.41) is 4.36. The van der Waals surface area contributed by atoms with E-state index in [1.54, 1.807) is 0 Å². The molecule has 0 saturated carbocycles. The van der Waals surface area contributed by atoms with E-state index in [4.69, 9.17) is 11.6 Å². The molecule has 0 aliphatic carbocycles. The normalized spacial score (nSPS) is 12.4. The van der Waals surface area contributed by atoms with E-state index >= 15 is 0 Å². The van der Waals surface area contributed by atoms with E-state index in [0.29, 0.717) is 0 Å². The molecule has 2 rings (SSSR count). The van der Waals surface area contributed by atoms with Crippen LogP contribution in [0.3, 0.4) is 0 Å². The number of benzene rings is 2. The highest BCUT2D eigenvalue weighted by molar-refractivity contribution is 14.1. The van der Waals surface area contributed by atoms with Gasteiger partial charge in [-0.25, -0.2) is 0 Å². The van der Waals surface area contributed by atoms with Gasteiger partial charge in [0.15, 0.2) is 0 Å². The summed E-state index contributed by atoms with van der Waals surface area (Å²) in [4.78, 5) is 0. The van der Waals surface area contributed by atoms with Gasteiger partial charge in [0.1, 0.15) is 0 Å². The molecule has 0 spiro atoms. The monoisotopic (exact) mass is 463 g/mol. The fourth-order valence-corrected chi connectivity index (χ4v) is 3.14. The molecule has 1 unspecified atom stereocenters. The Labute approximate surface area is 147 Å². The molecule has 2 aromatic rings. The summed E-state index contributed by atoms with van der Waals surface area (Å²) < 4.78 is 2.24. The fourth-order valence-electron chi connectivity index (χ4n) is 2.17. The number of halogens is 3. The largest absolute Gasteiger partial charge is 0.310 e. The quantitative estimate of drug-likeness (QED) is 0.568. The lowest BCUT2D eigenvalue weighted by molar-refractivity contribution is 0.549. The third-order valence-electron chi connectivity index (χ3n) is 3.18. The third kappa shape index (κ3) is 4.20. The first-order valence-electron chi connectivity index (χ1n) is 6.53. The van der Waals surface area contributed by atoms with Crippen LogP contribution < -0.4 is 5.32 Å². The molecule has 0 aliphatic heterocycles. The van der Waals surface area contributed by atoms with Gasteiger partial charge in [-0.1, -0.05) is 58.7 Å². The van der Waals surface area contributed by atoms with Gasteiger partial charge in [0.2, 0.25) is 0 Å². The Hall–Kier alpha value is -0.100. The van der Waals surface area contributed by atoms with Crippen molar-refractivity contribution in [1.82, 2.24) is 5.32 Å². The van der Waals surface area contributed by atoms with E-state index in [1.807, 2.05) is 6.07 Å². The van der Waals surface area contributed by atoms with Crippen LogP contribution in [0.1, 0.15) is 24.1 Å². The van der Waals surface area contributed by atoms with Gasteiger partial charge >= 0.3 is 0 Å². The minimum Gasteiger partial charge on any atom is -0.310 e. The second-order valence-electron chi connectivity index (χ2n) is 4.58. The zero-order valence-corrected chi connectivity index (χ0v) is 15.7. The molecule has 1 atom stereocenters. The predicted octanol–water partition coefficient (Wildman–Crippen LogP) is 5.60. The summed E-state index contributed by atoms with van der Waals surface area (Å²) in [5.74, 6) is 0. The molecule has 0 fully saturated rings. The van der Waals surface area contributed by atoms with E-state index in [-0.39, 0.29) is 6.04 Å². The molecule has 0 aliphatic rings. The van der Waals surface area contributed by atoms with Gasteiger partial charge in [-0.15, -0.1) is 0 Å². The van der Waals surface area contributed by atoms with Gasteiger partial charge in [0.05, 0.1) is 5.02 Å². The highest BCUT2D eigenvalue weighted by Gasteiger charge is 2.13. The molecule has 0 aromatic heterocycles. The first kappa shape index (κ1) is 16.3. The Bertz CT molecular complexity index is 588. The van der Waals surface area contributed by atoms with Gasteiger partial charge in [0, 0.05) is 14.1 Å². The fraction of sp³-hybridized carbons (Fsp3) is 0.250. The molecule has 0 bridgehead atoms. The summed E-state index contributed by atoms with van der Waals surface area (Å²) in [6.07, 6.45) is 0.937. The average Bonchev–Trinajstić information content (AvgIpc) is 2.44. The lowest BCUT2D eigenvalue weighted by atomic mass is 9.99. The highest BCUT2D eigenvalue weighted by Crippen LogP contribution is 2.27. The second-order valence-corrected chi connectivity index (χ2v) is 7.00. The highest BCUT2D eigenvalue weighted by atomic mass is 127. The Morgan fingerprint density at radius 1 is 1.25 bits per heavy atom. The summed E-state index contributed by atoms with van der Waals surface area (Å²) in [7, 11) is 0. The number of likely N-dealkylation sites (N-methyl/N-ethyl adjacent to an activating group) is 1. The van der Waals surface area contributed by atoms with Crippen LogP contribution in [0, 0.1) is 3.57 Å². The Morgan fingerprint density at radius 3 is 2.65 bits per heavy atom. The molecule has 20 heavy (non-hydrogen) atoms. The number of nitrogens with one attached hydrogen (secondary N) is 1. The van der Waals surface area contributed by atoms with Crippen molar-refractivity contribution < 1.29 is 0 Å². The zero-order chi connectivity index (χ0) is 14.5. The minimum absolute atomic E-state index is 0.271. The van der Waals surface area contributed by atoms with Crippen molar-refractivity contribution in [2.75, 3.05) is 6.54 Å². The maximum absolute atomic E-state index is 6.25. The van der Waals surface area contributed by atoms with E-state index < -0.39 is 0 Å². The van der Waals surface area contributed by atoms with Crippen molar-refractivity contribution in [3.8, 4) is 0 Å². The molecular formula is C16H16BrClIN. The Balaban J connectivity index is 2.27. The van der Waals surface area contributed by atoms with Gasteiger partial charge < -0.3 is 5.32 Å². The topological polar surface area (TPSA) is 12.0 Å². The summed E-state index contributed by atoms with van der Waals surface area (Å²) in [6, 6.07) is 14.9. The van der Waals surface area contributed by atoms with Crippen LogP contribution in [0.15, 0.2) is 46.9 Å². The molecule has 0 amide bonds. The SMILES string of the molecule is CCNC(Cc1ccccc1Br)c1ccc(I)c(Cl)c1. The van der Waals surface area contributed by atoms with Crippen LogP contribution in [-0.2, 0) is 6.42 Å². The van der Waals surface area contributed by atoms with Crippen LogP contribution in [0.25, 0.3) is 0 Å². The third-order valence-corrected chi connectivity index (χ3v) is 5.52. The Kier molecular flexibility index (Phi) is 6.33. The van der Waals surface area contributed by atoms with E-state index in [2.05, 4.69) is 87.2 Å². The molecule has 0 heterocycles. The van der Waals surface area contributed by atoms with Crippen LogP contribution in [0.5, 0.6) is 0 Å². The van der Waals surface area contributed by atoms with Gasteiger partial charge in [-0.3, -0.25) is 0 Å². The number of hydrogen-bond donors (Lipinski definition) is 1. The number of rotatable bonds is 5. The maximum Gasteiger partial charge on any atom is 0.0542 e. The molecule has 4 heteroatoms. The minimum atomic E-state index is 0.271. The summed E-state index contributed by atoms with van der Waals surface area (Å²) >= 11 is 12.1. The lowest BCUT2D eigenvalue weighted by Gasteiger charge is -2.20. The predicted molar refractivity (Wildman–Crippen MR) is 98.4 cm³/mol. The molecule has 106 valence electrons. The summed E-state index contributed by atoms with van der Waals surface area (Å²) in [5.41, 5.74) is 2.53. The van der Waals surface area contributed by atoms with E-state index in [9.17, 15) is 0 Å². The van der Waals surface area contributed by atoms with Gasteiger partial charge in [0.25, 0.3) is 0 Å². The van der Waals surface area contributed by atoms with Gasteiger partial charge in [-0.2, -0.15) is 0 Å². The second kappa shape index (κ2) is 7.78. The molecule has 0 radical (unpaired) electrons. The van der Waals surface area contributed by atoms with Crippen molar-refractivity contribution >= 4 is 50.1 Å². The zero-order valence-electron chi connectivity index (χ0n) is 11.2. The smallest absolute Gasteiger partial charge is 0.0542 e. The standard InChI is InChI=1S/C16H16BrClIN/c1-2-20-16(10-11-5-3-4-6-13(11)17)12-7-8-15(19)14(18)9-12/h3-9,16,20H,2,10H2,1H3. The molecule has 1 nitrogen and oxygen atoms in total. The van der Waals surface area contributed by atoms with Crippen LogP contribution in [-0.4, -0.2) is 6.54 Å². The van der Waals surface area contributed by atoms with Crippen molar-refractivity contribution in [3.63, 3.8) is 0 Å². The van der Waals surface area contributed by atoms with Crippen molar-refractivity contribution in [2.45, 2.75) is 19.4 Å². The summed E-state index contributed by atoms with van der Waals surface area (Å²) in [6.45, 7) is 3.06. The van der Waals surface area contributed by atoms with Crippen molar-refractivity contribution in [1.29, 1.82) is 0 Å². The maximum atomic E-state index is 6.25. The van der Waals surface area contributed by atoms with Crippen LogP contribution in [0.4, 0.5) is 0 Å². The molecule has 2 aromatic carbocycles. The average molecular weight is 465 g/mol. The van der Waals surface area contributed by atoms with Crippen LogP contribution in [0.2, 0.25) is 5.02 Å². The molecule has 0 saturated heterocycles. The van der Waals surface area contributed by atoms with Crippen molar-refractivity contribution in [3.05, 3.63) is 66.7 Å². The van der Waals surface area contributed by atoms with E-state index in [0.717, 1.165) is 26.0 Å². The molecule has 1 N–H and O–H groups in total. The molecular weight excluding hydrogens is 448 g/mol. The van der Waals surface area contributed by atoms with Crippen LogP contribution >= 0.6 is 50.1 Å². The Morgan fingerprint density at radius 2 is 2.00 bits per heavy atom. The van der Waals surface area contributed by atoms with Gasteiger partial charge in [-0.05, 0) is 64.9 Å². The van der Waals surface area contributed by atoms with Crippen molar-refractivity contribution in [2.24, 2.45) is 0 Å². The number of hydrogen-bond acceptors (Lipinski definition) is 1. The first-order valence-corrected chi connectivity index (χ1v) is 8.78.